The largest absolute Gasteiger partial charge is 0.483 e. The Labute approximate surface area is 184 Å². The number of nitrogens with one attached hydrogen (secondary N) is 1. The van der Waals surface area contributed by atoms with Gasteiger partial charge in [0, 0.05) is 10.0 Å². The van der Waals surface area contributed by atoms with Crippen LogP contribution in [0.25, 0.3) is 21.5 Å². The summed E-state index contributed by atoms with van der Waals surface area (Å²) < 4.78 is 7.49. The molecule has 1 amide bonds. The van der Waals surface area contributed by atoms with Crippen LogP contribution >= 0.6 is 31.9 Å². The zero-order valence-corrected chi connectivity index (χ0v) is 18.4. The van der Waals surface area contributed by atoms with E-state index in [1.54, 1.807) is 6.21 Å². The van der Waals surface area contributed by atoms with Gasteiger partial charge in [0.1, 0.15) is 5.75 Å². The van der Waals surface area contributed by atoms with Gasteiger partial charge in [-0.3, -0.25) is 4.79 Å². The standard InChI is InChI=1S/C23H16Br2N2O2/c24-18-9-10-20-16(12-18)8-11-21(23(20)25)29-14-22(28)27-26-13-17-6-3-5-15-4-1-2-7-19(15)17/h1-13H,14H2,(H,27,28). The summed E-state index contributed by atoms with van der Waals surface area (Å²) in [7, 11) is 0. The number of nitrogens with zero attached hydrogens (tertiary/aromatic N) is 1. The molecule has 4 aromatic carbocycles. The van der Waals surface area contributed by atoms with Crippen molar-refractivity contribution in [3.63, 3.8) is 0 Å². The number of fused-ring (bicyclic) bond motifs is 2. The van der Waals surface area contributed by atoms with Crippen LogP contribution in [0.5, 0.6) is 5.75 Å². The summed E-state index contributed by atoms with van der Waals surface area (Å²) in [5.41, 5.74) is 3.45. The molecule has 0 saturated carbocycles. The van der Waals surface area contributed by atoms with Gasteiger partial charge in [-0.1, -0.05) is 70.5 Å². The lowest BCUT2D eigenvalue weighted by Gasteiger charge is -2.10. The number of hydrogen-bond acceptors (Lipinski definition) is 3. The topological polar surface area (TPSA) is 50.7 Å². The summed E-state index contributed by atoms with van der Waals surface area (Å²) in [6.45, 7) is -0.131. The number of halogens is 2. The highest BCUT2D eigenvalue weighted by Crippen LogP contribution is 2.34. The van der Waals surface area contributed by atoms with E-state index < -0.39 is 0 Å². The van der Waals surface area contributed by atoms with Gasteiger partial charge in [0.15, 0.2) is 6.61 Å². The van der Waals surface area contributed by atoms with Crippen molar-refractivity contribution in [2.45, 2.75) is 0 Å². The molecule has 29 heavy (non-hydrogen) atoms. The van der Waals surface area contributed by atoms with Crippen LogP contribution in [0.15, 0.2) is 86.8 Å². The number of hydrazone groups is 1. The average Bonchev–Trinajstić information content (AvgIpc) is 2.73. The van der Waals surface area contributed by atoms with Crippen LogP contribution in [-0.4, -0.2) is 18.7 Å². The Balaban J connectivity index is 1.40. The molecule has 1 N–H and O–H groups in total. The van der Waals surface area contributed by atoms with Gasteiger partial charge >= 0.3 is 0 Å². The molecule has 0 aliphatic rings. The summed E-state index contributed by atoms with van der Waals surface area (Å²) in [6.07, 6.45) is 1.64. The van der Waals surface area contributed by atoms with Gasteiger partial charge in [-0.15, -0.1) is 0 Å². The zero-order valence-electron chi connectivity index (χ0n) is 15.2. The minimum atomic E-state index is -0.329. The van der Waals surface area contributed by atoms with E-state index in [0.29, 0.717) is 5.75 Å². The molecule has 6 heteroatoms. The van der Waals surface area contributed by atoms with E-state index in [-0.39, 0.29) is 12.5 Å². The molecule has 0 saturated heterocycles. The fourth-order valence-corrected chi connectivity index (χ4v) is 4.05. The third kappa shape index (κ3) is 4.49. The molecule has 0 aliphatic carbocycles. The Morgan fingerprint density at radius 1 is 0.931 bits per heavy atom. The first-order chi connectivity index (χ1) is 14.1. The van der Waals surface area contributed by atoms with Crippen molar-refractivity contribution in [2.24, 2.45) is 5.10 Å². The molecule has 0 spiro atoms. The van der Waals surface area contributed by atoms with Crippen molar-refractivity contribution in [3.8, 4) is 5.75 Å². The number of benzene rings is 4. The predicted octanol–water partition coefficient (Wildman–Crippen LogP) is 6.05. The summed E-state index contributed by atoms with van der Waals surface area (Å²) >= 11 is 7.03. The lowest BCUT2D eigenvalue weighted by Crippen LogP contribution is -2.24. The maximum absolute atomic E-state index is 12.1. The Morgan fingerprint density at radius 2 is 1.76 bits per heavy atom. The molecule has 0 aliphatic heterocycles. The predicted molar refractivity (Wildman–Crippen MR) is 125 cm³/mol. The second-order valence-electron chi connectivity index (χ2n) is 6.39. The van der Waals surface area contributed by atoms with Crippen LogP contribution in [0.2, 0.25) is 0 Å². The quantitative estimate of drug-likeness (QED) is 0.262. The van der Waals surface area contributed by atoms with Gasteiger partial charge in [0.05, 0.1) is 10.7 Å². The number of carbonyl (C=O) groups is 1. The lowest BCUT2D eigenvalue weighted by atomic mass is 10.1. The minimum Gasteiger partial charge on any atom is -0.483 e. The van der Waals surface area contributed by atoms with E-state index >= 15 is 0 Å². The number of rotatable bonds is 5. The van der Waals surface area contributed by atoms with Gasteiger partial charge < -0.3 is 4.74 Å². The maximum Gasteiger partial charge on any atom is 0.277 e. The highest BCUT2D eigenvalue weighted by molar-refractivity contribution is 9.11. The minimum absolute atomic E-state index is 0.131. The normalized spacial score (nSPS) is 11.2. The van der Waals surface area contributed by atoms with E-state index in [1.807, 2.05) is 72.8 Å². The number of hydrogen-bond donors (Lipinski definition) is 1. The van der Waals surface area contributed by atoms with Crippen LogP contribution in [0.1, 0.15) is 5.56 Å². The molecule has 0 aromatic heterocycles. The summed E-state index contributed by atoms with van der Waals surface area (Å²) in [5.74, 6) is 0.275. The molecule has 0 fully saturated rings. The van der Waals surface area contributed by atoms with Crippen molar-refractivity contribution in [1.29, 1.82) is 0 Å². The van der Waals surface area contributed by atoms with Crippen LogP contribution in [0.4, 0.5) is 0 Å². The monoisotopic (exact) mass is 510 g/mol. The molecule has 0 radical (unpaired) electrons. The molecular formula is C23H16Br2N2O2. The van der Waals surface area contributed by atoms with E-state index in [9.17, 15) is 4.79 Å². The molecule has 4 rings (SSSR count). The summed E-state index contributed by atoms with van der Waals surface area (Å²) in [6, 6.07) is 23.8. The van der Waals surface area contributed by atoms with Gasteiger partial charge in [-0.25, -0.2) is 5.43 Å². The van der Waals surface area contributed by atoms with Gasteiger partial charge in [-0.2, -0.15) is 5.10 Å². The molecule has 0 heterocycles. The van der Waals surface area contributed by atoms with Crippen LogP contribution in [0.3, 0.4) is 0 Å². The summed E-state index contributed by atoms with van der Waals surface area (Å²) in [4.78, 5) is 12.1. The number of amides is 1. The van der Waals surface area contributed by atoms with Crippen molar-refractivity contribution in [1.82, 2.24) is 5.43 Å². The van der Waals surface area contributed by atoms with Crippen molar-refractivity contribution >= 4 is 65.5 Å². The van der Waals surface area contributed by atoms with E-state index in [0.717, 1.165) is 36.1 Å². The van der Waals surface area contributed by atoms with Gasteiger partial charge in [0.25, 0.3) is 5.91 Å². The molecule has 0 bridgehead atoms. The molecule has 4 nitrogen and oxygen atoms in total. The maximum atomic E-state index is 12.1. The van der Waals surface area contributed by atoms with Crippen LogP contribution in [0, 0.1) is 0 Å². The Hall–Kier alpha value is -2.70. The Kier molecular flexibility index (Phi) is 5.92. The molecule has 0 atom stereocenters. The number of carbonyl (C=O) groups excluding carboxylic acids is 1. The highest BCUT2D eigenvalue weighted by Gasteiger charge is 2.09. The van der Waals surface area contributed by atoms with E-state index in [2.05, 4.69) is 42.4 Å². The summed E-state index contributed by atoms with van der Waals surface area (Å²) in [5, 5.41) is 8.35. The van der Waals surface area contributed by atoms with Crippen LogP contribution < -0.4 is 10.2 Å². The second-order valence-corrected chi connectivity index (χ2v) is 8.10. The van der Waals surface area contributed by atoms with Crippen molar-refractivity contribution in [2.75, 3.05) is 6.61 Å². The smallest absolute Gasteiger partial charge is 0.277 e. The third-order valence-corrected chi connectivity index (χ3v) is 5.77. The first kappa shape index (κ1) is 19.6. The number of ether oxygens (including phenoxy) is 1. The van der Waals surface area contributed by atoms with Gasteiger partial charge in [0.2, 0.25) is 0 Å². The third-order valence-electron chi connectivity index (χ3n) is 4.46. The zero-order chi connectivity index (χ0) is 20.2. The fraction of sp³-hybridized carbons (Fsp3) is 0.0435. The average molecular weight is 512 g/mol. The first-order valence-electron chi connectivity index (χ1n) is 8.92. The van der Waals surface area contributed by atoms with E-state index in [4.69, 9.17) is 4.74 Å². The highest BCUT2D eigenvalue weighted by atomic mass is 79.9. The van der Waals surface area contributed by atoms with E-state index in [1.165, 1.54) is 0 Å². The van der Waals surface area contributed by atoms with Crippen molar-refractivity contribution in [3.05, 3.63) is 87.3 Å². The molecule has 4 aromatic rings. The fourth-order valence-electron chi connectivity index (χ4n) is 3.07. The first-order valence-corrected chi connectivity index (χ1v) is 10.5. The molecule has 144 valence electrons. The van der Waals surface area contributed by atoms with Gasteiger partial charge in [-0.05, 0) is 55.7 Å². The van der Waals surface area contributed by atoms with Crippen molar-refractivity contribution < 1.29 is 9.53 Å². The lowest BCUT2D eigenvalue weighted by molar-refractivity contribution is -0.123. The SMILES string of the molecule is O=C(COc1ccc2cc(Br)ccc2c1Br)NN=Cc1cccc2ccccc12. The Bertz CT molecular complexity index is 1230. The molecular weight excluding hydrogens is 496 g/mol. The Morgan fingerprint density at radius 3 is 2.66 bits per heavy atom. The second kappa shape index (κ2) is 8.76. The van der Waals surface area contributed by atoms with Crippen LogP contribution in [-0.2, 0) is 4.79 Å². The molecule has 0 unspecified atom stereocenters.